The first-order valence-corrected chi connectivity index (χ1v) is 6.38. The lowest BCUT2D eigenvalue weighted by Crippen LogP contribution is -2.16. The van der Waals surface area contributed by atoms with Crippen LogP contribution in [-0.2, 0) is 0 Å². The fourth-order valence-electron chi connectivity index (χ4n) is 2.10. The van der Waals surface area contributed by atoms with Crippen LogP contribution in [0, 0.1) is 11.6 Å². The summed E-state index contributed by atoms with van der Waals surface area (Å²) in [6.07, 6.45) is 1.66. The normalized spacial score (nSPS) is 10.6. The molecule has 2 nitrogen and oxygen atoms in total. The van der Waals surface area contributed by atoms with Gasteiger partial charge in [-0.2, -0.15) is 0 Å². The molecule has 1 heterocycles. The highest BCUT2D eigenvalue weighted by molar-refractivity contribution is 5.62. The molecule has 0 aliphatic heterocycles. The minimum absolute atomic E-state index is 0.215. The highest BCUT2D eigenvalue weighted by atomic mass is 19.1. The summed E-state index contributed by atoms with van der Waals surface area (Å²) in [5, 5.41) is 0. The molecule has 0 N–H and O–H groups in total. The van der Waals surface area contributed by atoms with Gasteiger partial charge in [0, 0.05) is 18.0 Å². The number of hydrogen-bond acceptors (Lipinski definition) is 1. The maximum atomic E-state index is 13.0. The van der Waals surface area contributed by atoms with Gasteiger partial charge < -0.3 is 0 Å². The molecule has 0 radical (unpaired) electrons. The van der Waals surface area contributed by atoms with E-state index in [0.717, 1.165) is 11.1 Å². The molecule has 0 amide bonds. The second-order valence-corrected chi connectivity index (χ2v) is 4.61. The monoisotopic (exact) mass is 283 g/mol. The molecule has 0 aliphatic carbocycles. The van der Waals surface area contributed by atoms with E-state index in [-0.39, 0.29) is 17.2 Å². The van der Waals surface area contributed by atoms with Crippen molar-refractivity contribution in [1.82, 2.24) is 4.57 Å². The van der Waals surface area contributed by atoms with E-state index >= 15 is 0 Å². The van der Waals surface area contributed by atoms with Crippen LogP contribution in [0.1, 0.15) is 0 Å². The lowest BCUT2D eigenvalue weighted by atomic mass is 10.1. The predicted molar refractivity (Wildman–Crippen MR) is 77.4 cm³/mol. The summed E-state index contributed by atoms with van der Waals surface area (Å²) in [5.41, 5.74) is 1.93. The Bertz CT molecular complexity index is 821. The third-order valence-corrected chi connectivity index (χ3v) is 3.19. The maximum Gasteiger partial charge on any atom is 0.255 e. The summed E-state index contributed by atoms with van der Waals surface area (Å²) in [7, 11) is 0. The molecule has 0 atom stereocenters. The molecular weight excluding hydrogens is 272 g/mol. The van der Waals surface area contributed by atoms with Crippen LogP contribution in [-0.4, -0.2) is 4.57 Å². The number of pyridine rings is 1. The van der Waals surface area contributed by atoms with Crippen molar-refractivity contribution in [3.05, 3.63) is 88.8 Å². The Hall–Kier alpha value is -2.75. The van der Waals surface area contributed by atoms with Crippen LogP contribution in [0.3, 0.4) is 0 Å². The Morgan fingerprint density at radius 1 is 0.667 bits per heavy atom. The van der Waals surface area contributed by atoms with E-state index in [4.69, 9.17) is 0 Å². The highest BCUT2D eigenvalue weighted by Crippen LogP contribution is 2.19. The predicted octanol–water partition coefficient (Wildman–Crippen LogP) is 3.78. The van der Waals surface area contributed by atoms with Crippen molar-refractivity contribution in [2.45, 2.75) is 0 Å². The Morgan fingerprint density at radius 2 is 1.19 bits per heavy atom. The molecule has 0 saturated heterocycles. The van der Waals surface area contributed by atoms with E-state index in [2.05, 4.69) is 0 Å². The Balaban J connectivity index is 2.10. The smallest absolute Gasteiger partial charge is 0.255 e. The van der Waals surface area contributed by atoms with Crippen LogP contribution in [0.25, 0.3) is 16.8 Å². The van der Waals surface area contributed by atoms with Crippen LogP contribution < -0.4 is 5.56 Å². The van der Waals surface area contributed by atoms with Crippen LogP contribution in [0.5, 0.6) is 0 Å². The number of halogens is 2. The third-order valence-electron chi connectivity index (χ3n) is 3.19. The molecule has 0 aliphatic rings. The van der Waals surface area contributed by atoms with Gasteiger partial charge in [-0.1, -0.05) is 12.1 Å². The molecule has 2 aromatic carbocycles. The molecule has 3 rings (SSSR count). The molecule has 0 saturated carbocycles. The van der Waals surface area contributed by atoms with Crippen molar-refractivity contribution in [1.29, 1.82) is 0 Å². The fourth-order valence-corrected chi connectivity index (χ4v) is 2.10. The van der Waals surface area contributed by atoms with Crippen molar-refractivity contribution in [2.75, 3.05) is 0 Å². The second kappa shape index (κ2) is 5.32. The number of hydrogen-bond donors (Lipinski definition) is 0. The van der Waals surface area contributed by atoms with Gasteiger partial charge in [0.25, 0.3) is 5.56 Å². The molecule has 0 unspecified atom stereocenters. The first-order chi connectivity index (χ1) is 10.1. The molecule has 4 heteroatoms. The third kappa shape index (κ3) is 2.74. The van der Waals surface area contributed by atoms with Crippen molar-refractivity contribution < 1.29 is 8.78 Å². The molecule has 21 heavy (non-hydrogen) atoms. The molecule has 0 fully saturated rings. The minimum atomic E-state index is -0.360. The largest absolute Gasteiger partial charge is 0.284 e. The molecule has 0 bridgehead atoms. The van der Waals surface area contributed by atoms with Gasteiger partial charge in [-0.05, 0) is 53.6 Å². The van der Waals surface area contributed by atoms with Crippen molar-refractivity contribution in [3.8, 4) is 16.8 Å². The van der Waals surface area contributed by atoms with Gasteiger partial charge in [0.2, 0.25) is 0 Å². The highest BCUT2D eigenvalue weighted by Gasteiger charge is 2.04. The van der Waals surface area contributed by atoms with E-state index < -0.39 is 0 Å². The number of nitrogens with zero attached hydrogens (tertiary/aromatic N) is 1. The summed E-state index contributed by atoms with van der Waals surface area (Å²) in [6.45, 7) is 0. The van der Waals surface area contributed by atoms with Gasteiger partial charge in [0.1, 0.15) is 11.6 Å². The number of rotatable bonds is 2. The second-order valence-electron chi connectivity index (χ2n) is 4.61. The first-order valence-electron chi connectivity index (χ1n) is 6.38. The van der Waals surface area contributed by atoms with Crippen molar-refractivity contribution in [2.24, 2.45) is 0 Å². The van der Waals surface area contributed by atoms with Crippen molar-refractivity contribution >= 4 is 0 Å². The van der Waals surface area contributed by atoms with E-state index in [9.17, 15) is 13.6 Å². The lowest BCUT2D eigenvalue weighted by Gasteiger charge is -2.08. The number of benzene rings is 2. The van der Waals surface area contributed by atoms with Gasteiger partial charge in [0.15, 0.2) is 0 Å². The summed E-state index contributed by atoms with van der Waals surface area (Å²) in [4.78, 5) is 12.0. The molecular formula is C17H11F2NO. The van der Waals surface area contributed by atoms with E-state index in [0.29, 0.717) is 5.69 Å². The average molecular weight is 283 g/mol. The SMILES string of the molecule is O=c1ccc(-c2ccc(F)cc2)cn1-c1ccc(F)cc1. The van der Waals surface area contributed by atoms with E-state index in [1.807, 2.05) is 0 Å². The van der Waals surface area contributed by atoms with Gasteiger partial charge in [0.05, 0.1) is 0 Å². The molecule has 1 aromatic heterocycles. The van der Waals surface area contributed by atoms with Gasteiger partial charge >= 0.3 is 0 Å². The fraction of sp³-hybridized carbons (Fsp3) is 0. The van der Waals surface area contributed by atoms with Gasteiger partial charge in [-0.25, -0.2) is 8.78 Å². The zero-order valence-corrected chi connectivity index (χ0v) is 11.0. The Labute approximate surface area is 119 Å². The van der Waals surface area contributed by atoms with E-state index in [1.165, 1.54) is 47.0 Å². The maximum absolute atomic E-state index is 13.0. The summed E-state index contributed by atoms with van der Waals surface area (Å²) in [6, 6.07) is 14.8. The summed E-state index contributed by atoms with van der Waals surface area (Å²) >= 11 is 0. The standard InChI is InChI=1S/C17H11F2NO/c18-14-4-1-12(2-5-14)13-3-10-17(21)20(11-13)16-8-6-15(19)7-9-16/h1-11H. The van der Waals surface area contributed by atoms with Crippen LogP contribution in [0.15, 0.2) is 71.7 Å². The summed E-state index contributed by atoms with van der Waals surface area (Å²) < 4.78 is 27.3. The van der Waals surface area contributed by atoms with Crippen molar-refractivity contribution in [3.63, 3.8) is 0 Å². The van der Waals surface area contributed by atoms with Crippen LogP contribution >= 0.6 is 0 Å². The molecule has 3 aromatic rings. The average Bonchev–Trinajstić information content (AvgIpc) is 2.50. The van der Waals surface area contributed by atoms with Crippen LogP contribution in [0.4, 0.5) is 8.78 Å². The summed E-state index contributed by atoms with van der Waals surface area (Å²) in [5.74, 6) is -0.674. The topological polar surface area (TPSA) is 22.0 Å². The quantitative estimate of drug-likeness (QED) is 0.701. The number of aromatic nitrogens is 1. The molecule has 104 valence electrons. The minimum Gasteiger partial charge on any atom is -0.284 e. The Kier molecular flexibility index (Phi) is 3.36. The van der Waals surface area contributed by atoms with E-state index in [1.54, 1.807) is 24.4 Å². The zero-order chi connectivity index (χ0) is 14.8. The van der Waals surface area contributed by atoms with Gasteiger partial charge in [-0.3, -0.25) is 9.36 Å². The van der Waals surface area contributed by atoms with Crippen LogP contribution in [0.2, 0.25) is 0 Å². The lowest BCUT2D eigenvalue weighted by molar-refractivity contribution is 0.627. The Morgan fingerprint density at radius 3 is 1.81 bits per heavy atom. The first kappa shape index (κ1) is 13.2. The zero-order valence-electron chi connectivity index (χ0n) is 11.0. The van der Waals surface area contributed by atoms with Gasteiger partial charge in [-0.15, -0.1) is 0 Å². The molecule has 0 spiro atoms.